The predicted octanol–water partition coefficient (Wildman–Crippen LogP) is 0.765. The Hall–Kier alpha value is -1.93. The van der Waals surface area contributed by atoms with Crippen LogP contribution in [-0.2, 0) is 24.3 Å². The molecule has 0 spiro atoms. The van der Waals surface area contributed by atoms with Gasteiger partial charge < -0.3 is 10.1 Å². The molecule has 1 aromatic carbocycles. The summed E-state index contributed by atoms with van der Waals surface area (Å²) in [6, 6.07) is 7.82. The molecule has 23 heavy (non-hydrogen) atoms. The summed E-state index contributed by atoms with van der Waals surface area (Å²) < 4.78 is 30.3. The molecule has 0 saturated heterocycles. The molecule has 1 unspecified atom stereocenters. The normalized spacial score (nSPS) is 14.1. The van der Waals surface area contributed by atoms with E-state index in [9.17, 15) is 18.0 Å². The zero-order valence-electron chi connectivity index (χ0n) is 13.7. The van der Waals surface area contributed by atoms with Gasteiger partial charge in [-0.2, -0.15) is 4.31 Å². The van der Waals surface area contributed by atoms with E-state index in [0.29, 0.717) is 6.42 Å². The number of hydrogen-bond acceptors (Lipinski definition) is 5. The minimum absolute atomic E-state index is 0.0986. The van der Waals surface area contributed by atoms with Gasteiger partial charge in [-0.3, -0.25) is 4.79 Å². The highest BCUT2D eigenvalue weighted by Crippen LogP contribution is 2.14. The first-order valence-electron chi connectivity index (χ1n) is 7.08. The van der Waals surface area contributed by atoms with Crippen LogP contribution in [0.25, 0.3) is 0 Å². The average Bonchev–Trinajstić information content (AvgIpc) is 2.54. The third-order valence-corrected chi connectivity index (χ3v) is 5.39. The molecule has 1 N–H and O–H groups in total. The Morgan fingerprint density at radius 1 is 1.26 bits per heavy atom. The molecule has 0 bridgehead atoms. The van der Waals surface area contributed by atoms with Crippen molar-refractivity contribution in [1.82, 2.24) is 9.62 Å². The van der Waals surface area contributed by atoms with Gasteiger partial charge >= 0.3 is 5.97 Å². The van der Waals surface area contributed by atoms with Crippen molar-refractivity contribution in [3.63, 3.8) is 0 Å². The molecule has 0 saturated carbocycles. The van der Waals surface area contributed by atoms with Crippen LogP contribution in [0.3, 0.4) is 0 Å². The van der Waals surface area contributed by atoms with Crippen molar-refractivity contribution >= 4 is 21.9 Å². The van der Waals surface area contributed by atoms with E-state index in [0.717, 1.165) is 4.31 Å². The van der Waals surface area contributed by atoms with Gasteiger partial charge in [0.25, 0.3) is 0 Å². The van der Waals surface area contributed by atoms with Crippen LogP contribution in [0, 0.1) is 0 Å². The molecule has 128 valence electrons. The number of hydrogen-bond donors (Lipinski definition) is 1. The molecule has 1 atom stereocenters. The van der Waals surface area contributed by atoms with Gasteiger partial charge in [0.1, 0.15) is 5.54 Å². The van der Waals surface area contributed by atoms with E-state index < -0.39 is 34.0 Å². The monoisotopic (exact) mass is 342 g/mol. The van der Waals surface area contributed by atoms with Crippen LogP contribution < -0.4 is 5.32 Å². The number of amides is 1. The maximum absolute atomic E-state index is 12.3. The van der Waals surface area contributed by atoms with Gasteiger partial charge in [-0.05, 0) is 25.5 Å². The maximum atomic E-state index is 12.3. The lowest BCUT2D eigenvalue weighted by atomic mass is 9.99. The maximum Gasteiger partial charge on any atom is 0.331 e. The minimum atomic E-state index is -3.77. The Balaban J connectivity index is 2.83. The third kappa shape index (κ3) is 4.52. The second kappa shape index (κ2) is 7.56. The molecule has 0 aliphatic carbocycles. The number of ether oxygens (including phenoxy) is 1. The summed E-state index contributed by atoms with van der Waals surface area (Å²) in [5, 5.41) is 2.53. The van der Waals surface area contributed by atoms with Crippen molar-refractivity contribution in [2.45, 2.75) is 30.7 Å². The zero-order chi connectivity index (χ0) is 17.7. The number of sulfonamides is 1. The molecule has 0 heterocycles. The summed E-state index contributed by atoms with van der Waals surface area (Å²) in [5.41, 5.74) is -1.19. The van der Waals surface area contributed by atoms with E-state index >= 15 is 0 Å². The quantitative estimate of drug-likeness (QED) is 0.739. The van der Waals surface area contributed by atoms with Crippen LogP contribution in [0.2, 0.25) is 0 Å². The largest absolute Gasteiger partial charge is 0.467 e. The van der Waals surface area contributed by atoms with Crippen LogP contribution in [0.1, 0.15) is 20.3 Å². The van der Waals surface area contributed by atoms with Gasteiger partial charge in [-0.25, -0.2) is 13.2 Å². The lowest BCUT2D eigenvalue weighted by Gasteiger charge is -2.27. The Kier molecular flexibility index (Phi) is 6.28. The summed E-state index contributed by atoms with van der Waals surface area (Å²) >= 11 is 0. The first-order valence-corrected chi connectivity index (χ1v) is 8.52. The second-order valence-corrected chi connectivity index (χ2v) is 7.34. The van der Waals surface area contributed by atoms with E-state index in [4.69, 9.17) is 0 Å². The molecule has 0 aliphatic heterocycles. The summed E-state index contributed by atoms with van der Waals surface area (Å²) in [5.74, 6) is -1.16. The first kappa shape index (κ1) is 19.1. The summed E-state index contributed by atoms with van der Waals surface area (Å²) in [4.78, 5) is 23.9. The highest BCUT2D eigenvalue weighted by atomic mass is 32.2. The molecule has 0 aliphatic rings. The number of carbonyl (C=O) groups is 2. The van der Waals surface area contributed by atoms with Gasteiger partial charge in [0.05, 0.1) is 18.6 Å². The Morgan fingerprint density at radius 2 is 1.83 bits per heavy atom. The first-order chi connectivity index (χ1) is 10.7. The van der Waals surface area contributed by atoms with Crippen molar-refractivity contribution in [3.05, 3.63) is 30.3 Å². The molecule has 1 aromatic rings. The van der Waals surface area contributed by atoms with E-state index in [1.54, 1.807) is 25.1 Å². The number of nitrogens with one attached hydrogen (secondary N) is 1. The Morgan fingerprint density at radius 3 is 2.30 bits per heavy atom. The number of carbonyl (C=O) groups excluding carboxylic acids is 2. The van der Waals surface area contributed by atoms with Crippen molar-refractivity contribution in [2.24, 2.45) is 0 Å². The van der Waals surface area contributed by atoms with Crippen molar-refractivity contribution in [3.8, 4) is 0 Å². The number of likely N-dealkylation sites (N-methyl/N-ethyl adjacent to an activating group) is 1. The molecule has 0 fully saturated rings. The SMILES string of the molecule is CCC(C)(NC(=O)CN(C)S(=O)(=O)c1ccccc1)C(=O)OC. The van der Waals surface area contributed by atoms with Crippen LogP contribution in [0.15, 0.2) is 35.2 Å². The van der Waals surface area contributed by atoms with Crippen molar-refractivity contribution in [1.29, 1.82) is 0 Å². The number of rotatable bonds is 7. The number of nitrogens with zero attached hydrogens (tertiary/aromatic N) is 1. The fourth-order valence-electron chi connectivity index (χ4n) is 1.92. The Labute approximate surface area is 136 Å². The highest BCUT2D eigenvalue weighted by molar-refractivity contribution is 7.89. The van der Waals surface area contributed by atoms with Crippen LogP contribution in [-0.4, -0.2) is 50.8 Å². The van der Waals surface area contributed by atoms with Crippen LogP contribution >= 0.6 is 0 Å². The molecule has 1 rings (SSSR count). The lowest BCUT2D eigenvalue weighted by Crippen LogP contribution is -2.54. The molecule has 1 amide bonds. The molecule has 0 aromatic heterocycles. The number of esters is 1. The molecule has 0 radical (unpaired) electrons. The minimum Gasteiger partial charge on any atom is -0.467 e. The Bertz CT molecular complexity index is 660. The lowest BCUT2D eigenvalue weighted by molar-refractivity contribution is -0.150. The number of benzene rings is 1. The van der Waals surface area contributed by atoms with Crippen LogP contribution in [0.4, 0.5) is 0 Å². The fourth-order valence-corrected chi connectivity index (χ4v) is 3.06. The van der Waals surface area contributed by atoms with Gasteiger partial charge in [-0.15, -0.1) is 0 Å². The third-order valence-electron chi connectivity index (χ3n) is 3.58. The van der Waals surface area contributed by atoms with Crippen LogP contribution in [0.5, 0.6) is 0 Å². The van der Waals surface area contributed by atoms with E-state index in [1.807, 2.05) is 0 Å². The van der Waals surface area contributed by atoms with Crippen molar-refractivity contribution in [2.75, 3.05) is 20.7 Å². The average molecular weight is 342 g/mol. The summed E-state index contributed by atoms with van der Waals surface area (Å²) in [6.45, 7) is 2.86. The van der Waals surface area contributed by atoms with Gasteiger partial charge in [-0.1, -0.05) is 25.1 Å². The highest BCUT2D eigenvalue weighted by Gasteiger charge is 2.35. The molecular formula is C15H22N2O5S. The van der Waals surface area contributed by atoms with E-state index in [1.165, 1.54) is 33.2 Å². The van der Waals surface area contributed by atoms with Gasteiger partial charge in [0.15, 0.2) is 0 Å². The van der Waals surface area contributed by atoms with E-state index in [2.05, 4.69) is 10.1 Å². The fraction of sp³-hybridized carbons (Fsp3) is 0.467. The van der Waals surface area contributed by atoms with Crippen molar-refractivity contribution < 1.29 is 22.7 Å². The topological polar surface area (TPSA) is 92.8 Å². The van der Waals surface area contributed by atoms with E-state index in [-0.39, 0.29) is 4.90 Å². The zero-order valence-corrected chi connectivity index (χ0v) is 14.5. The molecular weight excluding hydrogens is 320 g/mol. The molecule has 8 heteroatoms. The predicted molar refractivity (Wildman–Crippen MR) is 85.1 cm³/mol. The summed E-state index contributed by atoms with van der Waals surface area (Å²) in [6.07, 6.45) is 0.320. The summed E-state index contributed by atoms with van der Waals surface area (Å²) in [7, 11) is -1.23. The second-order valence-electron chi connectivity index (χ2n) is 5.30. The number of methoxy groups -OCH3 is 1. The smallest absolute Gasteiger partial charge is 0.331 e. The standard InChI is InChI=1S/C15H22N2O5S/c1-5-15(2,14(19)22-4)16-13(18)11-17(3)23(20,21)12-9-7-6-8-10-12/h6-10H,5,11H2,1-4H3,(H,16,18). The van der Waals surface area contributed by atoms with Gasteiger partial charge in [0.2, 0.25) is 15.9 Å². The molecule has 7 nitrogen and oxygen atoms in total. The van der Waals surface area contributed by atoms with Gasteiger partial charge in [0, 0.05) is 7.05 Å².